The van der Waals surface area contributed by atoms with Gasteiger partial charge in [-0.15, -0.1) is 0 Å². The summed E-state index contributed by atoms with van der Waals surface area (Å²) in [7, 11) is 1.45. The molecule has 3 saturated heterocycles. The molecule has 2 aromatic carbocycles. The molecule has 0 unspecified atom stereocenters. The Kier molecular flexibility index (Phi) is 10.5. The summed E-state index contributed by atoms with van der Waals surface area (Å²) in [5, 5.41) is 10.6. The number of hydrogen-bond donors (Lipinski definition) is 2. The number of alkyl halides is 3. The number of carbonyl (C=O) groups is 4. The quantitative estimate of drug-likeness (QED) is 0.243. The summed E-state index contributed by atoms with van der Waals surface area (Å²) in [6.45, 7) is 4.89. The van der Waals surface area contributed by atoms with E-state index < -0.39 is 23.8 Å². The summed E-state index contributed by atoms with van der Waals surface area (Å²) in [6.07, 6.45) is 2.20. The minimum atomic E-state index is -4.67. The van der Waals surface area contributed by atoms with Gasteiger partial charge in [0, 0.05) is 87.3 Å². The summed E-state index contributed by atoms with van der Waals surface area (Å²) in [4.78, 5) is 62.0. The maximum atomic E-state index is 13.6. The molecule has 300 valence electrons. The Morgan fingerprint density at radius 1 is 0.877 bits per heavy atom. The van der Waals surface area contributed by atoms with Crippen molar-refractivity contribution >= 4 is 51.7 Å². The number of pyridine rings is 1. The molecule has 0 spiro atoms. The lowest BCUT2D eigenvalue weighted by Crippen LogP contribution is -2.53. The highest BCUT2D eigenvalue weighted by atomic mass is 19.4. The van der Waals surface area contributed by atoms with Crippen molar-refractivity contribution in [2.45, 2.75) is 56.8 Å². The number of nitrogens with one attached hydrogen (secondary N) is 2. The zero-order valence-corrected chi connectivity index (χ0v) is 31.5. The minimum Gasteiger partial charge on any atom is -0.494 e. The van der Waals surface area contributed by atoms with Crippen molar-refractivity contribution in [1.29, 1.82) is 0 Å². The maximum Gasteiger partial charge on any atom is 0.433 e. The Hall–Kier alpha value is -5.71. The number of urea groups is 1. The van der Waals surface area contributed by atoms with Crippen molar-refractivity contribution < 1.29 is 37.1 Å². The molecule has 8 rings (SSSR count). The molecule has 0 radical (unpaired) electrons. The third-order valence-electron chi connectivity index (χ3n) is 11.7. The molecular formula is C40H44F3N9O5. The van der Waals surface area contributed by atoms with Crippen LogP contribution < -0.4 is 25.2 Å². The Morgan fingerprint density at radius 3 is 2.30 bits per heavy atom. The van der Waals surface area contributed by atoms with Crippen molar-refractivity contribution in [2.24, 2.45) is 5.92 Å². The van der Waals surface area contributed by atoms with Crippen LogP contribution in [-0.4, -0.2) is 107 Å². The number of halogens is 3. The fourth-order valence-corrected chi connectivity index (χ4v) is 8.53. The number of methoxy groups -OCH3 is 1. The summed E-state index contributed by atoms with van der Waals surface area (Å²) in [6, 6.07) is 14.5. The molecule has 2 aromatic heterocycles. The first kappa shape index (κ1) is 38.2. The number of piperazine rings is 1. The number of ether oxygens (including phenoxy) is 1. The summed E-state index contributed by atoms with van der Waals surface area (Å²) in [5.74, 6) is -0.566. The van der Waals surface area contributed by atoms with Gasteiger partial charge in [0.05, 0.1) is 30.3 Å². The van der Waals surface area contributed by atoms with Gasteiger partial charge in [0.2, 0.25) is 11.8 Å². The lowest BCUT2D eigenvalue weighted by atomic mass is 9.90. The summed E-state index contributed by atoms with van der Waals surface area (Å²) < 4.78 is 47.0. The van der Waals surface area contributed by atoms with E-state index in [1.807, 2.05) is 40.0 Å². The second-order valence-electron chi connectivity index (χ2n) is 15.1. The lowest BCUT2D eigenvalue weighted by Gasteiger charge is -2.42. The Bertz CT molecular complexity index is 2160. The maximum absolute atomic E-state index is 13.6. The second kappa shape index (κ2) is 15.7. The molecule has 1 aliphatic carbocycles. The fraction of sp³-hybridized carbons (Fsp3) is 0.450. The molecule has 2 N–H and O–H groups in total. The minimum absolute atomic E-state index is 0.0604. The number of amides is 5. The van der Waals surface area contributed by atoms with Crippen molar-refractivity contribution in [3.8, 4) is 5.75 Å². The fourth-order valence-electron chi connectivity index (χ4n) is 8.53. The standard InChI is InChI=1S/C40H44F3N9O5/c1-57-34-22-32-26(21-33(34)45-37(54)31-3-2-4-35(44-31)40(41,42)43)24-52(47-32)30-11-7-27(8-12-30)48-17-19-49(20-18-48)38(55)25-13-15-50(23-25)28-5-9-29(10-6-28)51-16-14-36(53)46-39(51)56/h2-6,9-10,21-22,24-25,27,30H,7-8,11-20,23H2,1H3,(H,45,54)(H,46,53,56)/t25-,27?,30?/m1/s1. The highest BCUT2D eigenvalue weighted by Crippen LogP contribution is 2.36. The molecule has 17 heteroatoms. The number of nitrogens with zero attached hydrogens (tertiary/aromatic N) is 7. The van der Waals surface area contributed by atoms with Crippen LogP contribution in [0.3, 0.4) is 0 Å². The number of anilines is 3. The molecule has 1 saturated carbocycles. The average molecular weight is 788 g/mol. The van der Waals surface area contributed by atoms with Crippen molar-refractivity contribution in [3.63, 3.8) is 0 Å². The van der Waals surface area contributed by atoms with E-state index in [1.54, 1.807) is 17.0 Å². The van der Waals surface area contributed by atoms with Gasteiger partial charge in [-0.3, -0.25) is 34.2 Å². The van der Waals surface area contributed by atoms with E-state index >= 15 is 0 Å². The first-order valence-corrected chi connectivity index (χ1v) is 19.3. The van der Waals surface area contributed by atoms with Crippen LogP contribution in [0.4, 0.5) is 35.0 Å². The normalized spacial score (nSPS) is 22.2. The zero-order chi connectivity index (χ0) is 39.8. The van der Waals surface area contributed by atoms with E-state index in [-0.39, 0.29) is 35.9 Å². The first-order valence-electron chi connectivity index (χ1n) is 19.3. The van der Waals surface area contributed by atoms with E-state index in [1.165, 1.54) is 13.2 Å². The second-order valence-corrected chi connectivity index (χ2v) is 15.1. The van der Waals surface area contributed by atoms with Crippen LogP contribution in [0.5, 0.6) is 5.75 Å². The Morgan fingerprint density at radius 2 is 1.60 bits per heavy atom. The van der Waals surface area contributed by atoms with E-state index in [0.29, 0.717) is 49.2 Å². The summed E-state index contributed by atoms with van der Waals surface area (Å²) in [5.41, 5.74) is 1.22. The third-order valence-corrected chi connectivity index (χ3v) is 11.7. The molecule has 14 nitrogen and oxygen atoms in total. The molecule has 4 aliphatic rings. The Labute approximate surface area is 326 Å². The van der Waals surface area contributed by atoms with E-state index in [4.69, 9.17) is 9.84 Å². The van der Waals surface area contributed by atoms with Gasteiger partial charge in [0.25, 0.3) is 5.91 Å². The van der Waals surface area contributed by atoms with Crippen LogP contribution in [0.15, 0.2) is 60.8 Å². The van der Waals surface area contributed by atoms with Crippen LogP contribution in [0, 0.1) is 5.92 Å². The van der Waals surface area contributed by atoms with Crippen LogP contribution in [0.25, 0.3) is 10.9 Å². The lowest BCUT2D eigenvalue weighted by molar-refractivity contribution is -0.141. The van der Waals surface area contributed by atoms with Gasteiger partial charge in [-0.25, -0.2) is 9.78 Å². The predicted octanol–water partition coefficient (Wildman–Crippen LogP) is 5.31. The van der Waals surface area contributed by atoms with Gasteiger partial charge >= 0.3 is 12.2 Å². The monoisotopic (exact) mass is 787 g/mol. The molecule has 3 aliphatic heterocycles. The van der Waals surface area contributed by atoms with Crippen molar-refractivity contribution in [3.05, 3.63) is 72.2 Å². The van der Waals surface area contributed by atoms with E-state index in [0.717, 1.165) is 80.6 Å². The molecule has 0 bridgehead atoms. The Balaban J connectivity index is 0.813. The van der Waals surface area contributed by atoms with Crippen molar-refractivity contribution in [2.75, 3.05) is 68.0 Å². The molecule has 5 amide bonds. The number of rotatable bonds is 8. The van der Waals surface area contributed by atoms with Crippen LogP contribution in [0.2, 0.25) is 0 Å². The van der Waals surface area contributed by atoms with Crippen LogP contribution in [-0.2, 0) is 15.8 Å². The van der Waals surface area contributed by atoms with E-state index in [2.05, 4.69) is 25.4 Å². The van der Waals surface area contributed by atoms with Gasteiger partial charge < -0.3 is 19.9 Å². The van der Waals surface area contributed by atoms with Gasteiger partial charge in [0.15, 0.2) is 0 Å². The van der Waals surface area contributed by atoms with Gasteiger partial charge in [-0.05, 0) is 74.6 Å². The number of aromatic nitrogens is 3. The average Bonchev–Trinajstić information content (AvgIpc) is 3.88. The van der Waals surface area contributed by atoms with Gasteiger partial charge in [-0.2, -0.15) is 18.3 Å². The highest BCUT2D eigenvalue weighted by Gasteiger charge is 2.36. The predicted molar refractivity (Wildman–Crippen MR) is 205 cm³/mol. The smallest absolute Gasteiger partial charge is 0.433 e. The number of imide groups is 1. The number of carbonyl (C=O) groups excluding carboxylic acids is 4. The topological polar surface area (TPSA) is 145 Å². The molecular weight excluding hydrogens is 743 g/mol. The number of hydrogen-bond acceptors (Lipinski definition) is 9. The molecule has 5 heterocycles. The van der Waals surface area contributed by atoms with Crippen molar-refractivity contribution in [1.82, 2.24) is 29.9 Å². The third kappa shape index (κ3) is 8.10. The molecule has 1 atom stereocenters. The van der Waals surface area contributed by atoms with Crippen LogP contribution in [0.1, 0.15) is 60.7 Å². The van der Waals surface area contributed by atoms with Crippen LogP contribution >= 0.6 is 0 Å². The zero-order valence-electron chi connectivity index (χ0n) is 31.5. The molecule has 4 fully saturated rings. The van der Waals surface area contributed by atoms with Gasteiger partial charge in [-0.1, -0.05) is 6.07 Å². The number of benzene rings is 2. The highest BCUT2D eigenvalue weighted by molar-refractivity contribution is 6.06. The van der Waals surface area contributed by atoms with E-state index in [9.17, 15) is 32.3 Å². The number of fused-ring (bicyclic) bond motifs is 1. The van der Waals surface area contributed by atoms with Gasteiger partial charge in [0.1, 0.15) is 17.1 Å². The summed E-state index contributed by atoms with van der Waals surface area (Å²) >= 11 is 0. The SMILES string of the molecule is COc1cc2nn(C3CCC(N4CCN(C(=O)[C@@H]5CCN(c6ccc(N7CCC(=O)NC7=O)cc6)C5)CC4)CC3)cc2cc1NC(=O)c1cccc(C(F)(F)F)n1. The largest absolute Gasteiger partial charge is 0.494 e. The molecule has 57 heavy (non-hydrogen) atoms. The molecule has 4 aromatic rings. The first-order chi connectivity index (χ1) is 27.4.